The van der Waals surface area contributed by atoms with Crippen LogP contribution in [0.3, 0.4) is 0 Å². The summed E-state index contributed by atoms with van der Waals surface area (Å²) in [6.07, 6.45) is -2.33. The first-order valence-corrected chi connectivity index (χ1v) is 13.2. The van der Waals surface area contributed by atoms with Crippen molar-refractivity contribution in [3.63, 3.8) is 0 Å². The van der Waals surface area contributed by atoms with Crippen molar-refractivity contribution in [2.24, 2.45) is 0 Å². The molecular formula is C31H34F3NO5. The van der Waals surface area contributed by atoms with Gasteiger partial charge in [-0.05, 0) is 59.4 Å². The lowest BCUT2D eigenvalue weighted by atomic mass is 9.94. The van der Waals surface area contributed by atoms with Crippen molar-refractivity contribution in [1.29, 1.82) is 0 Å². The van der Waals surface area contributed by atoms with Crippen molar-refractivity contribution in [2.75, 3.05) is 14.2 Å². The maximum absolute atomic E-state index is 13.8. The van der Waals surface area contributed by atoms with E-state index in [9.17, 15) is 23.1 Å². The summed E-state index contributed by atoms with van der Waals surface area (Å²) in [5.41, 5.74) is 2.13. The van der Waals surface area contributed by atoms with E-state index in [0.717, 1.165) is 43.4 Å². The van der Waals surface area contributed by atoms with Crippen molar-refractivity contribution >= 4 is 5.97 Å². The van der Waals surface area contributed by atoms with E-state index in [1.807, 2.05) is 30.3 Å². The van der Waals surface area contributed by atoms with Gasteiger partial charge in [0.25, 0.3) is 0 Å². The van der Waals surface area contributed by atoms with Gasteiger partial charge in [0.15, 0.2) is 0 Å². The standard InChI is InChI=1S/C31H34F3NO5/c1-38-28-15-12-22(17-29(36)39-2)16-27(28)26-14-13-24(31(32,33)34)18-23(26)19-35(25-10-6-7-11-25)30(37)40-20-21-8-4-3-5-9-21/h3-5,8-9,12-16,18,25,30,37H,6-7,10-11,17,19-20H2,1-2H3. The zero-order valence-electron chi connectivity index (χ0n) is 22.6. The van der Waals surface area contributed by atoms with Gasteiger partial charge in [-0.15, -0.1) is 0 Å². The topological polar surface area (TPSA) is 68.2 Å². The molecule has 1 aliphatic rings. The molecular weight excluding hydrogens is 523 g/mol. The van der Waals surface area contributed by atoms with Crippen LogP contribution in [0.25, 0.3) is 11.1 Å². The molecule has 1 fully saturated rings. The second-order valence-electron chi connectivity index (χ2n) is 9.89. The number of halogens is 3. The lowest BCUT2D eigenvalue weighted by molar-refractivity contribution is -0.215. The second kappa shape index (κ2) is 13.3. The number of rotatable bonds is 11. The van der Waals surface area contributed by atoms with Crippen molar-refractivity contribution in [3.8, 4) is 16.9 Å². The SMILES string of the molecule is COC(=O)Cc1ccc(OC)c(-c2ccc(C(F)(F)F)cc2CN(C2CCCC2)C(O)OCc2ccccc2)c1. The summed E-state index contributed by atoms with van der Waals surface area (Å²) in [4.78, 5) is 13.6. The minimum atomic E-state index is -4.55. The molecule has 6 nitrogen and oxygen atoms in total. The van der Waals surface area contributed by atoms with Gasteiger partial charge in [0.1, 0.15) is 5.75 Å². The quantitative estimate of drug-likeness (QED) is 0.219. The number of methoxy groups -OCH3 is 2. The zero-order chi connectivity index (χ0) is 28.7. The maximum Gasteiger partial charge on any atom is 0.416 e. The molecule has 0 saturated heterocycles. The number of carbonyl (C=O) groups excluding carboxylic acids is 1. The molecule has 3 aromatic carbocycles. The Kier molecular flexibility index (Phi) is 9.84. The summed E-state index contributed by atoms with van der Waals surface area (Å²) >= 11 is 0. The highest BCUT2D eigenvalue weighted by Crippen LogP contribution is 2.39. The summed E-state index contributed by atoms with van der Waals surface area (Å²) in [6.45, 7) is 0.175. The molecule has 0 bridgehead atoms. The molecule has 40 heavy (non-hydrogen) atoms. The van der Waals surface area contributed by atoms with Gasteiger partial charge >= 0.3 is 12.1 Å². The van der Waals surface area contributed by atoms with Crippen LogP contribution in [0, 0.1) is 0 Å². The number of benzene rings is 3. The molecule has 1 saturated carbocycles. The number of esters is 1. The van der Waals surface area contributed by atoms with E-state index in [-0.39, 0.29) is 25.6 Å². The number of ether oxygens (including phenoxy) is 3. The first kappa shape index (κ1) is 29.6. The van der Waals surface area contributed by atoms with Gasteiger partial charge in [0.2, 0.25) is 6.41 Å². The van der Waals surface area contributed by atoms with E-state index in [4.69, 9.17) is 14.2 Å². The number of aliphatic hydroxyl groups is 1. The number of carbonyl (C=O) groups is 1. The summed E-state index contributed by atoms with van der Waals surface area (Å²) in [6, 6.07) is 18.0. The van der Waals surface area contributed by atoms with Gasteiger partial charge in [0.05, 0.1) is 32.8 Å². The highest BCUT2D eigenvalue weighted by molar-refractivity contribution is 5.77. The Hall–Kier alpha value is -3.40. The molecule has 9 heteroatoms. The van der Waals surface area contributed by atoms with Gasteiger partial charge in [-0.2, -0.15) is 13.2 Å². The average Bonchev–Trinajstić information content (AvgIpc) is 3.49. The van der Waals surface area contributed by atoms with Crippen molar-refractivity contribution in [1.82, 2.24) is 4.90 Å². The fraction of sp³-hybridized carbons (Fsp3) is 0.387. The predicted octanol–water partition coefficient (Wildman–Crippen LogP) is 6.33. The van der Waals surface area contributed by atoms with Gasteiger partial charge < -0.3 is 19.3 Å². The average molecular weight is 558 g/mol. The molecule has 0 aliphatic heterocycles. The van der Waals surface area contributed by atoms with Crippen molar-refractivity contribution in [3.05, 3.63) is 89.0 Å². The Bertz CT molecular complexity index is 1280. The van der Waals surface area contributed by atoms with Crippen LogP contribution in [-0.2, 0) is 40.0 Å². The van der Waals surface area contributed by atoms with Crippen LogP contribution in [0.15, 0.2) is 66.7 Å². The summed E-state index contributed by atoms with van der Waals surface area (Å²) in [7, 11) is 2.78. The molecule has 0 heterocycles. The molecule has 3 aromatic rings. The third kappa shape index (κ3) is 7.41. The van der Waals surface area contributed by atoms with Crippen LogP contribution < -0.4 is 4.74 Å². The summed E-state index contributed by atoms with van der Waals surface area (Å²) in [5, 5.41) is 11.2. The summed E-state index contributed by atoms with van der Waals surface area (Å²) in [5.74, 6) is 0.0118. The Balaban J connectivity index is 1.73. The first-order valence-electron chi connectivity index (χ1n) is 13.2. The smallest absolute Gasteiger partial charge is 0.416 e. The van der Waals surface area contributed by atoms with Gasteiger partial charge in [-0.3, -0.25) is 4.79 Å². The molecule has 1 atom stereocenters. The zero-order valence-corrected chi connectivity index (χ0v) is 22.6. The number of hydrogen-bond donors (Lipinski definition) is 1. The van der Waals surface area contributed by atoms with E-state index >= 15 is 0 Å². The minimum absolute atomic E-state index is 0.00367. The van der Waals surface area contributed by atoms with Gasteiger partial charge in [-0.25, -0.2) is 4.90 Å². The fourth-order valence-electron chi connectivity index (χ4n) is 5.14. The third-order valence-electron chi connectivity index (χ3n) is 7.24. The largest absolute Gasteiger partial charge is 0.496 e. The Morgan fingerprint density at radius 3 is 2.35 bits per heavy atom. The Morgan fingerprint density at radius 1 is 0.975 bits per heavy atom. The molecule has 1 N–H and O–H groups in total. The Labute approximate surface area is 232 Å². The monoisotopic (exact) mass is 557 g/mol. The lowest BCUT2D eigenvalue weighted by Gasteiger charge is -2.33. The lowest BCUT2D eigenvalue weighted by Crippen LogP contribution is -2.43. The molecule has 0 aromatic heterocycles. The maximum atomic E-state index is 13.8. The highest BCUT2D eigenvalue weighted by Gasteiger charge is 2.33. The third-order valence-corrected chi connectivity index (χ3v) is 7.24. The molecule has 0 radical (unpaired) electrons. The number of nitrogens with zero attached hydrogens (tertiary/aromatic N) is 1. The van der Waals surface area contributed by atoms with Crippen LogP contribution in [0.5, 0.6) is 5.75 Å². The van der Waals surface area contributed by atoms with E-state index in [1.54, 1.807) is 23.1 Å². The van der Waals surface area contributed by atoms with E-state index in [0.29, 0.717) is 28.0 Å². The molecule has 4 rings (SSSR count). The molecule has 1 unspecified atom stereocenters. The summed E-state index contributed by atoms with van der Waals surface area (Å²) < 4.78 is 57.7. The van der Waals surface area contributed by atoms with Crippen molar-refractivity contribution in [2.45, 2.75) is 63.9 Å². The Morgan fingerprint density at radius 2 is 1.70 bits per heavy atom. The predicted molar refractivity (Wildman–Crippen MR) is 144 cm³/mol. The fourth-order valence-corrected chi connectivity index (χ4v) is 5.14. The number of alkyl halides is 3. The van der Waals surface area contributed by atoms with Crippen LogP contribution in [0.1, 0.15) is 47.9 Å². The van der Waals surface area contributed by atoms with Crippen LogP contribution in [-0.4, -0.2) is 42.7 Å². The van der Waals surface area contributed by atoms with Crippen molar-refractivity contribution < 1.29 is 37.3 Å². The second-order valence-corrected chi connectivity index (χ2v) is 9.89. The van der Waals surface area contributed by atoms with Crippen LogP contribution >= 0.6 is 0 Å². The molecule has 0 amide bonds. The minimum Gasteiger partial charge on any atom is -0.496 e. The van der Waals surface area contributed by atoms with Gasteiger partial charge in [0, 0.05) is 18.2 Å². The van der Waals surface area contributed by atoms with Crippen LogP contribution in [0.2, 0.25) is 0 Å². The van der Waals surface area contributed by atoms with E-state index < -0.39 is 24.1 Å². The molecule has 214 valence electrons. The molecule has 0 spiro atoms. The van der Waals surface area contributed by atoms with E-state index in [2.05, 4.69) is 0 Å². The highest BCUT2D eigenvalue weighted by atomic mass is 19.4. The first-order chi connectivity index (χ1) is 19.2. The molecule has 1 aliphatic carbocycles. The number of aliphatic hydroxyl groups excluding tert-OH is 1. The van der Waals surface area contributed by atoms with E-state index in [1.165, 1.54) is 20.3 Å². The normalized spacial score (nSPS) is 14.9. The van der Waals surface area contributed by atoms with Gasteiger partial charge in [-0.1, -0.05) is 55.3 Å². The number of hydrogen-bond acceptors (Lipinski definition) is 6. The van der Waals surface area contributed by atoms with Crippen LogP contribution in [0.4, 0.5) is 13.2 Å².